The van der Waals surface area contributed by atoms with E-state index in [1.54, 1.807) is 0 Å². The van der Waals surface area contributed by atoms with Crippen LogP contribution in [0.25, 0.3) is 0 Å². The number of ketones is 1. The van der Waals surface area contributed by atoms with Crippen molar-refractivity contribution >= 4 is 5.78 Å². The quantitative estimate of drug-likeness (QED) is 0.639. The summed E-state index contributed by atoms with van der Waals surface area (Å²) in [7, 11) is 0. The summed E-state index contributed by atoms with van der Waals surface area (Å²) in [6, 6.07) is 7.99. The Hall–Kier alpha value is -1.11. The van der Waals surface area contributed by atoms with Gasteiger partial charge >= 0.3 is 0 Å². The third-order valence-electron chi connectivity index (χ3n) is 3.10. The lowest BCUT2D eigenvalue weighted by atomic mass is 9.92. The molecule has 1 aromatic carbocycles. The van der Waals surface area contributed by atoms with Crippen molar-refractivity contribution in [3.63, 3.8) is 0 Å². The minimum absolute atomic E-state index is 0.220. The van der Waals surface area contributed by atoms with Crippen molar-refractivity contribution in [3.8, 4) is 0 Å². The van der Waals surface area contributed by atoms with Crippen LogP contribution in [-0.4, -0.2) is 5.78 Å². The molecule has 1 aliphatic rings. The van der Waals surface area contributed by atoms with E-state index in [0.29, 0.717) is 11.7 Å². The molecule has 13 heavy (non-hydrogen) atoms. The van der Waals surface area contributed by atoms with E-state index >= 15 is 0 Å². The lowest BCUT2D eigenvalue weighted by Gasteiger charge is -2.10. The summed E-state index contributed by atoms with van der Waals surface area (Å²) in [5, 5.41) is 0. The first-order valence-corrected chi connectivity index (χ1v) is 4.88. The minimum atomic E-state index is 0.220. The fourth-order valence-electron chi connectivity index (χ4n) is 2.30. The van der Waals surface area contributed by atoms with E-state index in [1.807, 2.05) is 18.2 Å². The molecule has 1 nitrogen and oxygen atoms in total. The van der Waals surface area contributed by atoms with Crippen molar-refractivity contribution in [1.82, 2.24) is 0 Å². The number of Topliss-reactive ketones (excluding diaryl/α,β-unsaturated/α-hetero) is 1. The van der Waals surface area contributed by atoms with E-state index < -0.39 is 0 Å². The maximum absolute atomic E-state index is 11.8. The molecule has 68 valence electrons. The van der Waals surface area contributed by atoms with Crippen LogP contribution in [-0.2, 0) is 0 Å². The zero-order valence-corrected chi connectivity index (χ0v) is 8.08. The van der Waals surface area contributed by atoms with Gasteiger partial charge in [-0.2, -0.15) is 0 Å². The molecule has 0 N–H and O–H groups in total. The van der Waals surface area contributed by atoms with E-state index in [-0.39, 0.29) is 5.92 Å². The number of carbonyl (C=O) groups excluding carboxylic acids is 1. The predicted octanol–water partition coefficient (Wildman–Crippen LogP) is 3.01. The van der Waals surface area contributed by atoms with Gasteiger partial charge in [-0.15, -0.1) is 0 Å². The van der Waals surface area contributed by atoms with Crippen molar-refractivity contribution in [1.29, 1.82) is 0 Å². The molecule has 1 aliphatic carbocycles. The normalized spacial score (nSPS) is 26.2. The molecule has 1 aromatic rings. The summed E-state index contributed by atoms with van der Waals surface area (Å²) in [5.41, 5.74) is 2.18. The highest BCUT2D eigenvalue weighted by Crippen LogP contribution is 2.38. The van der Waals surface area contributed by atoms with Gasteiger partial charge in [-0.05, 0) is 17.9 Å². The molecule has 0 aromatic heterocycles. The van der Waals surface area contributed by atoms with Gasteiger partial charge in [0, 0.05) is 11.5 Å². The monoisotopic (exact) mass is 174 g/mol. The lowest BCUT2D eigenvalue weighted by molar-refractivity contribution is 0.0923. The van der Waals surface area contributed by atoms with Crippen LogP contribution >= 0.6 is 0 Å². The molecule has 0 saturated carbocycles. The van der Waals surface area contributed by atoms with E-state index in [1.165, 1.54) is 5.56 Å². The number of rotatable bonds is 1. The number of carbonyl (C=O) groups is 1. The fourth-order valence-corrected chi connectivity index (χ4v) is 2.30. The summed E-state index contributed by atoms with van der Waals surface area (Å²) in [4.78, 5) is 11.8. The standard InChI is InChI=1S/C12H14O/c1-3-9-8(2)10-6-4-5-7-11(10)12(9)13/h4-9H,3H2,1-2H3/t8-,9-/m1/s1. The minimum Gasteiger partial charge on any atom is -0.294 e. The molecular formula is C12H14O. The maximum atomic E-state index is 11.8. The van der Waals surface area contributed by atoms with Crippen LogP contribution in [0.3, 0.4) is 0 Å². The van der Waals surface area contributed by atoms with Crippen molar-refractivity contribution in [2.45, 2.75) is 26.2 Å². The summed E-state index contributed by atoms with van der Waals surface area (Å²) < 4.78 is 0. The number of fused-ring (bicyclic) bond motifs is 1. The van der Waals surface area contributed by atoms with Crippen LogP contribution in [0.1, 0.15) is 42.1 Å². The van der Waals surface area contributed by atoms with E-state index in [2.05, 4.69) is 19.9 Å². The highest BCUT2D eigenvalue weighted by molar-refractivity contribution is 6.03. The predicted molar refractivity (Wildman–Crippen MR) is 53.0 cm³/mol. The van der Waals surface area contributed by atoms with Gasteiger partial charge in [0.2, 0.25) is 0 Å². The van der Waals surface area contributed by atoms with E-state index in [4.69, 9.17) is 0 Å². The highest BCUT2D eigenvalue weighted by atomic mass is 16.1. The molecule has 2 atom stereocenters. The molecule has 0 amide bonds. The Labute approximate surface area is 78.8 Å². The second kappa shape index (κ2) is 2.99. The van der Waals surface area contributed by atoms with Crippen LogP contribution in [0.4, 0.5) is 0 Å². The molecule has 0 fully saturated rings. The molecule has 1 heteroatoms. The molecule has 2 rings (SSSR count). The van der Waals surface area contributed by atoms with E-state index in [9.17, 15) is 4.79 Å². The van der Waals surface area contributed by atoms with Crippen LogP contribution in [0.2, 0.25) is 0 Å². The number of benzene rings is 1. The Morgan fingerprint density at radius 2 is 2.00 bits per heavy atom. The van der Waals surface area contributed by atoms with Crippen LogP contribution in [0.5, 0.6) is 0 Å². The molecule has 0 bridgehead atoms. The van der Waals surface area contributed by atoms with E-state index in [0.717, 1.165) is 12.0 Å². The third kappa shape index (κ3) is 1.11. The fraction of sp³-hybridized carbons (Fsp3) is 0.417. The number of hydrogen-bond acceptors (Lipinski definition) is 1. The Morgan fingerprint density at radius 1 is 1.31 bits per heavy atom. The van der Waals surface area contributed by atoms with Gasteiger partial charge in [0.25, 0.3) is 0 Å². The average Bonchev–Trinajstić information content (AvgIpc) is 2.41. The highest BCUT2D eigenvalue weighted by Gasteiger charge is 2.34. The largest absolute Gasteiger partial charge is 0.294 e. The second-order valence-electron chi connectivity index (χ2n) is 3.75. The van der Waals surface area contributed by atoms with Gasteiger partial charge in [0.05, 0.1) is 0 Å². The maximum Gasteiger partial charge on any atom is 0.166 e. The lowest BCUT2D eigenvalue weighted by Crippen LogP contribution is -2.09. The summed E-state index contributed by atoms with van der Waals surface area (Å²) in [6.45, 7) is 4.24. The summed E-state index contributed by atoms with van der Waals surface area (Å²) in [6.07, 6.45) is 0.953. The molecule has 0 saturated heterocycles. The first-order valence-electron chi connectivity index (χ1n) is 4.88. The smallest absolute Gasteiger partial charge is 0.166 e. The first-order chi connectivity index (χ1) is 6.25. The number of hydrogen-bond donors (Lipinski definition) is 0. The molecule has 0 heterocycles. The zero-order chi connectivity index (χ0) is 9.42. The molecule has 0 unspecified atom stereocenters. The third-order valence-corrected chi connectivity index (χ3v) is 3.10. The second-order valence-corrected chi connectivity index (χ2v) is 3.75. The van der Waals surface area contributed by atoms with Crippen LogP contribution < -0.4 is 0 Å². The van der Waals surface area contributed by atoms with Crippen LogP contribution in [0, 0.1) is 5.92 Å². The Bertz CT molecular complexity index is 341. The van der Waals surface area contributed by atoms with Gasteiger partial charge in [-0.1, -0.05) is 38.1 Å². The summed E-state index contributed by atoms with van der Waals surface area (Å²) >= 11 is 0. The molecular weight excluding hydrogens is 160 g/mol. The average molecular weight is 174 g/mol. The molecule has 0 radical (unpaired) electrons. The zero-order valence-electron chi connectivity index (χ0n) is 8.08. The van der Waals surface area contributed by atoms with Crippen molar-refractivity contribution in [3.05, 3.63) is 35.4 Å². The van der Waals surface area contributed by atoms with Crippen LogP contribution in [0.15, 0.2) is 24.3 Å². The molecule has 0 aliphatic heterocycles. The Morgan fingerprint density at radius 3 is 2.62 bits per heavy atom. The molecule has 0 spiro atoms. The Balaban J connectivity index is 2.50. The first kappa shape index (κ1) is 8.49. The van der Waals surface area contributed by atoms with Crippen molar-refractivity contribution < 1.29 is 4.79 Å². The van der Waals surface area contributed by atoms with Gasteiger partial charge in [-0.3, -0.25) is 4.79 Å². The Kier molecular flexibility index (Phi) is 1.95. The SMILES string of the molecule is CC[C@H]1C(=O)c2ccccc2[C@@H]1C. The van der Waals surface area contributed by atoms with Gasteiger partial charge in [-0.25, -0.2) is 0 Å². The van der Waals surface area contributed by atoms with Gasteiger partial charge in [0.1, 0.15) is 0 Å². The topological polar surface area (TPSA) is 17.1 Å². The summed E-state index contributed by atoms with van der Waals surface area (Å²) in [5.74, 6) is 0.969. The van der Waals surface area contributed by atoms with Gasteiger partial charge < -0.3 is 0 Å². The van der Waals surface area contributed by atoms with Crippen molar-refractivity contribution in [2.75, 3.05) is 0 Å². The van der Waals surface area contributed by atoms with Gasteiger partial charge in [0.15, 0.2) is 5.78 Å². The van der Waals surface area contributed by atoms with Crippen molar-refractivity contribution in [2.24, 2.45) is 5.92 Å².